The minimum atomic E-state index is -0.360. The molecule has 0 radical (unpaired) electrons. The Bertz CT molecular complexity index is 1390. The summed E-state index contributed by atoms with van der Waals surface area (Å²) in [6.07, 6.45) is 1.29. The molecule has 1 aliphatic rings. The van der Waals surface area contributed by atoms with Crippen LogP contribution in [-0.2, 0) is 16.1 Å². The third-order valence-corrected chi connectivity index (χ3v) is 6.02. The van der Waals surface area contributed by atoms with Crippen LogP contribution in [0.5, 0.6) is 0 Å². The van der Waals surface area contributed by atoms with Crippen molar-refractivity contribution in [2.45, 2.75) is 26.3 Å². The molecule has 33 heavy (non-hydrogen) atoms. The number of anilines is 1. The quantitative estimate of drug-likeness (QED) is 0.436. The van der Waals surface area contributed by atoms with E-state index in [0.29, 0.717) is 60.6 Å². The number of para-hydroxylation sites is 2. The lowest BCUT2D eigenvalue weighted by Crippen LogP contribution is -2.37. The number of esters is 1. The van der Waals surface area contributed by atoms with Crippen LogP contribution in [0, 0.1) is 11.7 Å². The van der Waals surface area contributed by atoms with Crippen molar-refractivity contribution in [3.05, 3.63) is 70.4 Å². The Hall–Kier alpha value is -3.75. The van der Waals surface area contributed by atoms with Crippen molar-refractivity contribution in [3.63, 3.8) is 0 Å². The van der Waals surface area contributed by atoms with Crippen molar-refractivity contribution >= 4 is 28.5 Å². The summed E-state index contributed by atoms with van der Waals surface area (Å²) in [5.74, 6) is -0.0533. The lowest BCUT2D eigenvalue weighted by atomic mass is 9.97. The highest BCUT2D eigenvalue weighted by Gasteiger charge is 2.29. The molecule has 2 aromatic heterocycles. The van der Waals surface area contributed by atoms with Gasteiger partial charge < -0.3 is 9.64 Å². The molecule has 1 aliphatic heterocycles. The van der Waals surface area contributed by atoms with Crippen LogP contribution in [0.4, 0.5) is 10.2 Å². The van der Waals surface area contributed by atoms with E-state index in [1.807, 2.05) is 24.3 Å². The second kappa shape index (κ2) is 8.65. The summed E-state index contributed by atoms with van der Waals surface area (Å²) in [4.78, 5) is 32.4. The maximum absolute atomic E-state index is 13.7. The van der Waals surface area contributed by atoms with Crippen molar-refractivity contribution in [2.75, 3.05) is 24.6 Å². The van der Waals surface area contributed by atoms with Crippen molar-refractivity contribution < 1.29 is 13.9 Å². The number of fused-ring (bicyclic) bond motifs is 3. The Kier molecular flexibility index (Phi) is 5.53. The molecule has 170 valence electrons. The minimum absolute atomic E-state index is 0.134. The van der Waals surface area contributed by atoms with Gasteiger partial charge in [-0.05, 0) is 49.6 Å². The molecular weight excluding hydrogens is 425 g/mol. The lowest BCUT2D eigenvalue weighted by Gasteiger charge is -2.31. The van der Waals surface area contributed by atoms with Crippen LogP contribution in [0.15, 0.2) is 53.3 Å². The number of piperidine rings is 1. The maximum atomic E-state index is 13.7. The molecule has 0 bridgehead atoms. The Morgan fingerprint density at radius 2 is 1.94 bits per heavy atom. The first-order chi connectivity index (χ1) is 16.0. The number of rotatable bonds is 5. The van der Waals surface area contributed by atoms with Crippen LogP contribution < -0.4 is 10.6 Å². The van der Waals surface area contributed by atoms with Crippen LogP contribution in [0.3, 0.4) is 0 Å². The topological polar surface area (TPSA) is 81.7 Å². The fraction of sp³-hybridized carbons (Fsp3) is 0.333. The fourth-order valence-corrected chi connectivity index (χ4v) is 4.39. The monoisotopic (exact) mass is 449 g/mol. The van der Waals surface area contributed by atoms with Gasteiger partial charge in [0.05, 0.1) is 30.1 Å². The first-order valence-electron chi connectivity index (χ1n) is 11.1. The van der Waals surface area contributed by atoms with E-state index in [0.717, 1.165) is 0 Å². The molecule has 0 saturated carbocycles. The van der Waals surface area contributed by atoms with Gasteiger partial charge in [0.15, 0.2) is 5.82 Å². The van der Waals surface area contributed by atoms with Crippen LogP contribution in [-0.4, -0.2) is 44.8 Å². The number of hydrogen-bond donors (Lipinski definition) is 0. The van der Waals surface area contributed by atoms with Gasteiger partial charge in [0.25, 0.3) is 0 Å². The van der Waals surface area contributed by atoms with Gasteiger partial charge in [-0.2, -0.15) is 0 Å². The van der Waals surface area contributed by atoms with Crippen molar-refractivity contribution in [3.8, 4) is 0 Å². The van der Waals surface area contributed by atoms with Gasteiger partial charge in [-0.1, -0.05) is 24.3 Å². The fourth-order valence-electron chi connectivity index (χ4n) is 4.39. The van der Waals surface area contributed by atoms with E-state index in [-0.39, 0.29) is 29.9 Å². The molecular formula is C24H24FN5O3. The Balaban J connectivity index is 1.56. The van der Waals surface area contributed by atoms with Crippen molar-refractivity contribution in [1.29, 1.82) is 0 Å². The minimum Gasteiger partial charge on any atom is -0.466 e. The predicted octanol–water partition coefficient (Wildman–Crippen LogP) is 3.01. The lowest BCUT2D eigenvalue weighted by molar-refractivity contribution is -0.148. The second-order valence-corrected chi connectivity index (χ2v) is 8.17. The highest BCUT2D eigenvalue weighted by molar-refractivity contribution is 5.83. The standard InChI is InChI=1S/C24H24FN5O3/c1-2-33-23(31)17-10-12-28(13-11-17)21-22-27-29(15-16-6-5-7-18(25)14-16)24(32)30(22)20-9-4-3-8-19(20)26-21/h3-9,14,17H,2,10-13,15H2,1H3. The van der Waals surface area contributed by atoms with Crippen LogP contribution >= 0.6 is 0 Å². The molecule has 0 N–H and O–H groups in total. The summed E-state index contributed by atoms with van der Waals surface area (Å²) in [5, 5.41) is 4.59. The third kappa shape index (κ3) is 3.94. The van der Waals surface area contributed by atoms with E-state index in [1.54, 1.807) is 23.5 Å². The summed E-state index contributed by atoms with van der Waals surface area (Å²) >= 11 is 0. The number of carbonyl (C=O) groups is 1. The van der Waals surface area contributed by atoms with Gasteiger partial charge in [0.2, 0.25) is 5.65 Å². The third-order valence-electron chi connectivity index (χ3n) is 6.02. The van der Waals surface area contributed by atoms with Gasteiger partial charge in [-0.15, -0.1) is 5.10 Å². The van der Waals surface area contributed by atoms with Crippen molar-refractivity contribution in [1.82, 2.24) is 19.2 Å². The Labute approximate surface area is 189 Å². The second-order valence-electron chi connectivity index (χ2n) is 8.17. The molecule has 8 nitrogen and oxygen atoms in total. The van der Waals surface area contributed by atoms with E-state index in [2.05, 4.69) is 10.00 Å². The number of aromatic nitrogens is 4. The molecule has 9 heteroatoms. The predicted molar refractivity (Wildman–Crippen MR) is 122 cm³/mol. The van der Waals surface area contributed by atoms with Gasteiger partial charge >= 0.3 is 11.7 Å². The number of benzene rings is 2. The summed E-state index contributed by atoms with van der Waals surface area (Å²) in [6.45, 7) is 3.54. The molecule has 4 aromatic rings. The van der Waals surface area contributed by atoms with E-state index < -0.39 is 0 Å². The molecule has 2 aromatic carbocycles. The van der Waals surface area contributed by atoms with Crippen LogP contribution in [0.2, 0.25) is 0 Å². The molecule has 5 rings (SSSR count). The number of hydrogen-bond acceptors (Lipinski definition) is 6. The molecule has 3 heterocycles. The number of carbonyl (C=O) groups excluding carboxylic acids is 1. The normalized spacial score (nSPS) is 14.8. The van der Waals surface area contributed by atoms with E-state index in [4.69, 9.17) is 9.72 Å². The molecule has 0 spiro atoms. The molecule has 0 amide bonds. The summed E-state index contributed by atoms with van der Waals surface area (Å²) < 4.78 is 21.7. The molecule has 0 unspecified atom stereocenters. The van der Waals surface area contributed by atoms with Gasteiger partial charge in [0.1, 0.15) is 5.82 Å². The first kappa shape index (κ1) is 21.1. The summed E-state index contributed by atoms with van der Waals surface area (Å²) in [7, 11) is 0. The highest BCUT2D eigenvalue weighted by Crippen LogP contribution is 2.27. The number of halogens is 1. The molecule has 0 atom stereocenters. The molecule has 1 saturated heterocycles. The van der Waals surface area contributed by atoms with Gasteiger partial charge in [-0.25, -0.2) is 23.3 Å². The van der Waals surface area contributed by atoms with Gasteiger partial charge in [-0.3, -0.25) is 4.79 Å². The Morgan fingerprint density at radius 3 is 2.70 bits per heavy atom. The maximum Gasteiger partial charge on any atom is 0.351 e. The zero-order valence-electron chi connectivity index (χ0n) is 18.3. The van der Waals surface area contributed by atoms with Crippen LogP contribution in [0.25, 0.3) is 16.7 Å². The molecule has 0 aliphatic carbocycles. The van der Waals surface area contributed by atoms with E-state index >= 15 is 0 Å². The van der Waals surface area contributed by atoms with Crippen molar-refractivity contribution in [2.24, 2.45) is 5.92 Å². The smallest absolute Gasteiger partial charge is 0.351 e. The van der Waals surface area contributed by atoms with Gasteiger partial charge in [0, 0.05) is 13.1 Å². The first-order valence-corrected chi connectivity index (χ1v) is 11.1. The largest absolute Gasteiger partial charge is 0.466 e. The zero-order chi connectivity index (χ0) is 22.9. The average Bonchev–Trinajstić information content (AvgIpc) is 3.15. The zero-order valence-corrected chi connectivity index (χ0v) is 18.3. The number of ether oxygens (including phenoxy) is 1. The SMILES string of the molecule is CCOC(=O)C1CCN(c2nc3ccccc3n3c(=O)n(Cc4cccc(F)c4)nc23)CC1. The molecule has 1 fully saturated rings. The van der Waals surface area contributed by atoms with E-state index in [1.165, 1.54) is 16.8 Å². The summed E-state index contributed by atoms with van der Waals surface area (Å²) in [6, 6.07) is 13.6. The Morgan fingerprint density at radius 1 is 1.15 bits per heavy atom. The highest BCUT2D eigenvalue weighted by atomic mass is 19.1. The number of nitrogens with zero attached hydrogens (tertiary/aromatic N) is 5. The summed E-state index contributed by atoms with van der Waals surface area (Å²) in [5.41, 5.74) is 2.13. The van der Waals surface area contributed by atoms with Crippen LogP contribution in [0.1, 0.15) is 25.3 Å². The average molecular weight is 449 g/mol. The van der Waals surface area contributed by atoms with E-state index in [9.17, 15) is 14.0 Å².